The van der Waals surface area contributed by atoms with Gasteiger partial charge in [0, 0.05) is 36.2 Å². The van der Waals surface area contributed by atoms with E-state index in [0.717, 1.165) is 27.8 Å². The van der Waals surface area contributed by atoms with Crippen molar-refractivity contribution in [3.63, 3.8) is 0 Å². The second kappa shape index (κ2) is 7.74. The number of ether oxygens (including phenoxy) is 2. The summed E-state index contributed by atoms with van der Waals surface area (Å²) in [5.74, 6) is 1.45. The molecular formula is C22H25NO4. The number of aryl methyl sites for hydroxylation is 2. The summed E-state index contributed by atoms with van der Waals surface area (Å²) in [4.78, 5) is 14.5. The topological polar surface area (TPSA) is 51.9 Å². The number of nitrogens with zero attached hydrogens (tertiary/aromatic N) is 1. The Bertz CT molecular complexity index is 974. The summed E-state index contributed by atoms with van der Waals surface area (Å²) in [7, 11) is 5.02. The lowest BCUT2D eigenvalue weighted by atomic mass is 10.0. The van der Waals surface area contributed by atoms with Gasteiger partial charge < -0.3 is 18.8 Å². The molecule has 5 nitrogen and oxygen atoms in total. The molecule has 0 bridgehead atoms. The van der Waals surface area contributed by atoms with Gasteiger partial charge in [0.1, 0.15) is 17.1 Å². The van der Waals surface area contributed by atoms with Crippen molar-refractivity contribution < 1.29 is 18.7 Å². The van der Waals surface area contributed by atoms with E-state index in [9.17, 15) is 4.79 Å². The van der Waals surface area contributed by atoms with Gasteiger partial charge in [-0.2, -0.15) is 0 Å². The predicted molar refractivity (Wildman–Crippen MR) is 105 cm³/mol. The number of furan rings is 1. The van der Waals surface area contributed by atoms with Gasteiger partial charge in [-0.1, -0.05) is 0 Å². The van der Waals surface area contributed by atoms with Gasteiger partial charge in [0.2, 0.25) is 5.91 Å². The van der Waals surface area contributed by atoms with Crippen LogP contribution in [0.3, 0.4) is 0 Å². The number of carbonyl (C=O) groups is 1. The maximum absolute atomic E-state index is 12.8. The molecule has 0 fully saturated rings. The Morgan fingerprint density at radius 3 is 2.48 bits per heavy atom. The van der Waals surface area contributed by atoms with Gasteiger partial charge in [0.05, 0.1) is 26.9 Å². The lowest BCUT2D eigenvalue weighted by Gasteiger charge is -2.19. The first kappa shape index (κ1) is 18.8. The molecule has 0 unspecified atom stereocenters. The molecule has 0 aliphatic rings. The van der Waals surface area contributed by atoms with Crippen LogP contribution in [-0.4, -0.2) is 32.1 Å². The zero-order valence-electron chi connectivity index (χ0n) is 16.5. The first-order chi connectivity index (χ1) is 12.9. The number of methoxy groups -OCH3 is 2. The Kier molecular flexibility index (Phi) is 5.40. The van der Waals surface area contributed by atoms with Crippen LogP contribution < -0.4 is 9.47 Å². The van der Waals surface area contributed by atoms with Crippen LogP contribution in [0.4, 0.5) is 0 Å². The minimum atomic E-state index is 0.0220. The van der Waals surface area contributed by atoms with E-state index in [1.807, 2.05) is 24.3 Å². The van der Waals surface area contributed by atoms with Crippen molar-refractivity contribution in [2.45, 2.75) is 26.8 Å². The summed E-state index contributed by atoms with van der Waals surface area (Å²) < 4.78 is 16.3. The molecule has 0 aliphatic carbocycles. The number of amides is 1. The lowest BCUT2D eigenvalue weighted by molar-refractivity contribution is -0.129. The fourth-order valence-electron chi connectivity index (χ4n) is 3.10. The molecule has 3 aromatic rings. The monoisotopic (exact) mass is 367 g/mol. The first-order valence-electron chi connectivity index (χ1n) is 8.85. The Hall–Kier alpha value is -2.95. The van der Waals surface area contributed by atoms with Gasteiger partial charge >= 0.3 is 0 Å². The van der Waals surface area contributed by atoms with E-state index >= 15 is 0 Å². The number of rotatable bonds is 6. The molecule has 0 N–H and O–H groups in total. The quantitative estimate of drug-likeness (QED) is 0.653. The van der Waals surface area contributed by atoms with Crippen LogP contribution in [0.1, 0.15) is 22.3 Å². The van der Waals surface area contributed by atoms with E-state index in [2.05, 4.69) is 19.9 Å². The van der Waals surface area contributed by atoms with E-state index in [-0.39, 0.29) is 5.91 Å². The highest BCUT2D eigenvalue weighted by Crippen LogP contribution is 2.27. The molecular weight excluding hydrogens is 342 g/mol. The highest BCUT2D eigenvalue weighted by molar-refractivity contribution is 5.88. The maximum atomic E-state index is 12.8. The first-order valence-corrected chi connectivity index (χ1v) is 8.85. The zero-order chi connectivity index (χ0) is 19.6. The van der Waals surface area contributed by atoms with Gasteiger partial charge in [-0.3, -0.25) is 4.79 Å². The third kappa shape index (κ3) is 3.92. The Labute approximate surface area is 159 Å². The normalized spacial score (nSPS) is 10.9. The molecule has 0 aliphatic heterocycles. The highest BCUT2D eigenvalue weighted by atomic mass is 16.5. The SMILES string of the molecule is COc1ccc(CN(C)C(=O)Cc2coc3cc(C)c(C)cc23)c(OC)c1. The number of hydrogen-bond donors (Lipinski definition) is 0. The van der Waals surface area contributed by atoms with Gasteiger partial charge in [0.25, 0.3) is 0 Å². The molecule has 0 atom stereocenters. The van der Waals surface area contributed by atoms with Crippen molar-refractivity contribution in [1.82, 2.24) is 4.90 Å². The van der Waals surface area contributed by atoms with E-state index < -0.39 is 0 Å². The smallest absolute Gasteiger partial charge is 0.227 e. The molecule has 27 heavy (non-hydrogen) atoms. The van der Waals surface area contributed by atoms with Crippen LogP contribution in [0.15, 0.2) is 41.0 Å². The van der Waals surface area contributed by atoms with Crippen molar-refractivity contribution >= 4 is 16.9 Å². The molecule has 0 radical (unpaired) electrons. The van der Waals surface area contributed by atoms with Gasteiger partial charge in [-0.05, 0) is 49.2 Å². The van der Waals surface area contributed by atoms with E-state index in [4.69, 9.17) is 13.9 Å². The number of fused-ring (bicyclic) bond motifs is 1. The number of carbonyl (C=O) groups excluding carboxylic acids is 1. The molecule has 0 saturated carbocycles. The average Bonchev–Trinajstić information content (AvgIpc) is 3.03. The fourth-order valence-corrected chi connectivity index (χ4v) is 3.10. The summed E-state index contributed by atoms with van der Waals surface area (Å²) in [6.07, 6.45) is 1.98. The third-order valence-corrected chi connectivity index (χ3v) is 4.94. The van der Waals surface area contributed by atoms with Gasteiger partial charge in [-0.25, -0.2) is 0 Å². The molecule has 0 saturated heterocycles. The van der Waals surface area contributed by atoms with Crippen LogP contribution in [0, 0.1) is 13.8 Å². The second-order valence-corrected chi connectivity index (χ2v) is 6.80. The van der Waals surface area contributed by atoms with Crippen LogP contribution in [-0.2, 0) is 17.8 Å². The lowest BCUT2D eigenvalue weighted by Crippen LogP contribution is -2.27. The standard InChI is InChI=1S/C22H25NO4/c1-14-8-19-17(13-27-21(19)9-15(14)2)10-22(24)23(3)12-16-6-7-18(25-4)11-20(16)26-5/h6-9,11,13H,10,12H2,1-5H3. The molecule has 2 aromatic carbocycles. The summed E-state index contributed by atoms with van der Waals surface area (Å²) in [6, 6.07) is 9.71. The molecule has 3 rings (SSSR count). The molecule has 0 spiro atoms. The van der Waals surface area contributed by atoms with Crippen LogP contribution >= 0.6 is 0 Å². The third-order valence-electron chi connectivity index (χ3n) is 4.94. The molecule has 5 heteroatoms. The van der Waals surface area contributed by atoms with Crippen molar-refractivity contribution in [2.75, 3.05) is 21.3 Å². The molecule has 1 aromatic heterocycles. The largest absolute Gasteiger partial charge is 0.497 e. The highest BCUT2D eigenvalue weighted by Gasteiger charge is 2.16. The number of likely N-dealkylation sites (N-methyl/N-ethyl adjacent to an activating group) is 1. The molecule has 1 amide bonds. The minimum Gasteiger partial charge on any atom is -0.497 e. The van der Waals surface area contributed by atoms with Crippen molar-refractivity contribution in [2.24, 2.45) is 0 Å². The Balaban J connectivity index is 1.76. The number of hydrogen-bond acceptors (Lipinski definition) is 4. The van der Waals surface area contributed by atoms with Gasteiger partial charge in [0.15, 0.2) is 0 Å². The Morgan fingerprint density at radius 1 is 1.04 bits per heavy atom. The molecule has 1 heterocycles. The zero-order valence-corrected chi connectivity index (χ0v) is 16.5. The summed E-state index contributed by atoms with van der Waals surface area (Å²) in [5, 5.41) is 1.00. The molecule has 142 valence electrons. The number of benzene rings is 2. The van der Waals surface area contributed by atoms with Crippen LogP contribution in [0.5, 0.6) is 11.5 Å². The Morgan fingerprint density at radius 2 is 1.78 bits per heavy atom. The summed E-state index contributed by atoms with van der Waals surface area (Å²) >= 11 is 0. The van der Waals surface area contributed by atoms with Crippen LogP contribution in [0.2, 0.25) is 0 Å². The fraction of sp³-hybridized carbons (Fsp3) is 0.318. The minimum absolute atomic E-state index is 0.0220. The van der Waals surface area contributed by atoms with Crippen LogP contribution in [0.25, 0.3) is 11.0 Å². The van der Waals surface area contributed by atoms with E-state index in [0.29, 0.717) is 18.7 Å². The summed E-state index contributed by atoms with van der Waals surface area (Å²) in [5.41, 5.74) is 5.03. The van der Waals surface area contributed by atoms with Crippen molar-refractivity contribution in [3.05, 3.63) is 58.8 Å². The maximum Gasteiger partial charge on any atom is 0.227 e. The predicted octanol–water partition coefficient (Wildman–Crippen LogP) is 4.27. The van der Waals surface area contributed by atoms with E-state index in [1.165, 1.54) is 11.1 Å². The second-order valence-electron chi connectivity index (χ2n) is 6.80. The summed E-state index contributed by atoms with van der Waals surface area (Å²) in [6.45, 7) is 4.58. The van der Waals surface area contributed by atoms with E-state index in [1.54, 1.807) is 32.4 Å². The van der Waals surface area contributed by atoms with Gasteiger partial charge in [-0.15, -0.1) is 0 Å². The average molecular weight is 367 g/mol. The van der Waals surface area contributed by atoms with Crippen molar-refractivity contribution in [3.8, 4) is 11.5 Å². The van der Waals surface area contributed by atoms with Crippen molar-refractivity contribution in [1.29, 1.82) is 0 Å².